The highest BCUT2D eigenvalue weighted by atomic mass is 32.2. The molecule has 0 saturated heterocycles. The molecular weight excluding hydrogens is 817 g/mol. The minimum atomic E-state index is -4.27. The Hall–Kier alpha value is -5.13. The number of allylic oxidation sites excluding steroid dienone is 1. The van der Waals surface area contributed by atoms with Gasteiger partial charge in [-0.15, -0.1) is 6.58 Å². The Morgan fingerprint density at radius 3 is 2.44 bits per heavy atom. The van der Waals surface area contributed by atoms with E-state index in [-0.39, 0.29) is 79.4 Å². The van der Waals surface area contributed by atoms with Gasteiger partial charge in [0.2, 0.25) is 21.7 Å². The van der Waals surface area contributed by atoms with Crippen LogP contribution in [0, 0.1) is 27.9 Å². The number of carbonyl (C=O) groups is 1. The number of aliphatic hydroxyl groups excluding tert-OH is 2. The molecule has 6 rings (SSSR count). The second-order valence-corrected chi connectivity index (χ2v) is 17.8. The van der Waals surface area contributed by atoms with Crippen LogP contribution >= 0.6 is 0 Å². The molecule has 0 aromatic heterocycles. The zero-order valence-corrected chi connectivity index (χ0v) is 36.4. The number of ether oxygens (including phenoxy) is 3. The summed E-state index contributed by atoms with van der Waals surface area (Å²) in [5, 5.41) is 38.8. The quantitative estimate of drug-likeness (QED) is 0.0381. The van der Waals surface area contributed by atoms with Crippen molar-refractivity contribution in [2.75, 3.05) is 38.3 Å². The fraction of sp³-hybridized carbons (Fsp3) is 0.478. The molecule has 1 amide bonds. The lowest BCUT2D eigenvalue weighted by atomic mass is 9.55. The molecule has 3 N–H and O–H groups in total. The molecule has 0 radical (unpaired) electrons. The molecule has 1 aliphatic heterocycles. The summed E-state index contributed by atoms with van der Waals surface area (Å²) >= 11 is 0. The molecule has 15 nitrogen and oxygen atoms in total. The van der Waals surface area contributed by atoms with Crippen LogP contribution < -0.4 is 14.8 Å². The zero-order valence-electron chi connectivity index (χ0n) is 35.6. The van der Waals surface area contributed by atoms with Crippen LogP contribution in [0.2, 0.25) is 0 Å². The Morgan fingerprint density at radius 1 is 1.05 bits per heavy atom. The minimum Gasteiger partial charge on any atom is -0.460 e. The van der Waals surface area contributed by atoms with Crippen molar-refractivity contribution < 1.29 is 47.4 Å². The van der Waals surface area contributed by atoms with Crippen molar-refractivity contribution >= 4 is 33.0 Å². The second-order valence-electron chi connectivity index (χ2n) is 15.9. The largest absolute Gasteiger partial charge is 0.460 e. The fourth-order valence-electron chi connectivity index (χ4n) is 9.34. The van der Waals surface area contributed by atoms with Gasteiger partial charge in [0, 0.05) is 56.3 Å². The maximum absolute atomic E-state index is 15.1. The fourth-order valence-corrected chi connectivity index (χ4v) is 11.1. The summed E-state index contributed by atoms with van der Waals surface area (Å²) in [6, 6.07) is 16.4. The van der Waals surface area contributed by atoms with Gasteiger partial charge in [-0.3, -0.25) is 14.9 Å². The molecule has 0 bridgehead atoms. The van der Waals surface area contributed by atoms with Crippen molar-refractivity contribution in [1.29, 1.82) is 0 Å². The summed E-state index contributed by atoms with van der Waals surface area (Å²) < 4.78 is 52.2. The number of nitro benzene ring substituents is 1. The molecule has 1 saturated carbocycles. The molecule has 334 valence electrons. The minimum absolute atomic E-state index is 0.0211. The standard InChI is InChI=1S/C46H58N4O11S/c1-5-23-49(62(56,57)37-20-17-33(18-21-37)47-31(4)53)43-30-41(48-59-7-3)39-27-32(13-8-10-24-51)38(16-9-11-25-52)44-40-29-36(60-35-15-12-14-34(28-35)50(54)55)19-22-42(40)61-46(43,45(39)44)58-26-6-2/h6,12,14-15,17-22,27-29,32,38,43-45,51-52H,2,5,7-11,13,16,23-26,30H2,1,3-4H3,(H,47,53)/t32-,38+,43-,44+,45+,46+/m0/s1. The number of hydrogen-bond donors (Lipinski definition) is 3. The molecule has 2 aliphatic carbocycles. The maximum atomic E-state index is 15.1. The summed E-state index contributed by atoms with van der Waals surface area (Å²) in [4.78, 5) is 28.8. The maximum Gasteiger partial charge on any atom is 0.273 e. The van der Waals surface area contributed by atoms with Gasteiger partial charge in [0.1, 0.15) is 23.9 Å². The second kappa shape index (κ2) is 20.8. The number of oxime groups is 1. The summed E-state index contributed by atoms with van der Waals surface area (Å²) in [6.07, 6.45) is 8.46. The summed E-state index contributed by atoms with van der Waals surface area (Å²) in [5.74, 6) is -1.89. The van der Waals surface area contributed by atoms with E-state index in [1.807, 2.05) is 19.9 Å². The number of nitrogens with one attached hydrogen (secondary N) is 1. The van der Waals surface area contributed by atoms with Crippen molar-refractivity contribution in [3.63, 3.8) is 0 Å². The first-order valence-corrected chi connectivity index (χ1v) is 22.9. The number of anilines is 1. The van der Waals surface area contributed by atoms with E-state index in [9.17, 15) is 25.1 Å². The predicted octanol–water partition coefficient (Wildman–Crippen LogP) is 8.10. The molecule has 3 aromatic carbocycles. The van der Waals surface area contributed by atoms with Crippen LogP contribution in [0.1, 0.15) is 83.6 Å². The number of rotatable bonds is 22. The van der Waals surface area contributed by atoms with E-state index in [0.29, 0.717) is 55.0 Å². The van der Waals surface area contributed by atoms with E-state index in [4.69, 9.17) is 24.2 Å². The molecular formula is C46H58N4O11S. The highest BCUT2D eigenvalue weighted by molar-refractivity contribution is 7.89. The van der Waals surface area contributed by atoms with Gasteiger partial charge in [0.15, 0.2) is 0 Å². The summed E-state index contributed by atoms with van der Waals surface area (Å²) in [5.41, 5.74) is 2.51. The van der Waals surface area contributed by atoms with Gasteiger partial charge in [-0.25, -0.2) is 8.42 Å². The van der Waals surface area contributed by atoms with Crippen LogP contribution in [0.25, 0.3) is 0 Å². The highest BCUT2D eigenvalue weighted by Gasteiger charge is 2.66. The topological polar surface area (TPSA) is 199 Å². The number of nitro groups is 1. The third-order valence-electron chi connectivity index (χ3n) is 11.8. The Kier molecular flexibility index (Phi) is 15.6. The number of unbranched alkanes of at least 4 members (excludes halogenated alkanes) is 2. The molecule has 16 heteroatoms. The molecule has 0 unspecified atom stereocenters. The van der Waals surface area contributed by atoms with Crippen molar-refractivity contribution in [2.45, 2.75) is 94.8 Å². The number of carbonyl (C=O) groups excluding carboxylic acids is 1. The lowest BCUT2D eigenvalue weighted by Gasteiger charge is -2.59. The van der Waals surface area contributed by atoms with E-state index < -0.39 is 32.7 Å². The van der Waals surface area contributed by atoms with Crippen LogP contribution in [0.15, 0.2) is 101 Å². The molecule has 0 spiro atoms. The molecule has 3 aromatic rings. The number of aliphatic hydroxyl groups is 2. The van der Waals surface area contributed by atoms with E-state index in [0.717, 1.165) is 24.0 Å². The van der Waals surface area contributed by atoms with Gasteiger partial charge in [0.25, 0.3) is 5.69 Å². The van der Waals surface area contributed by atoms with E-state index in [1.165, 1.54) is 35.5 Å². The Balaban J connectivity index is 1.60. The van der Waals surface area contributed by atoms with Crippen LogP contribution in [0.5, 0.6) is 17.2 Å². The number of nitrogens with zero attached hydrogens (tertiary/aromatic N) is 3. The number of hydrogen-bond acceptors (Lipinski definition) is 12. The Morgan fingerprint density at radius 2 is 1.77 bits per heavy atom. The van der Waals surface area contributed by atoms with Gasteiger partial charge >= 0.3 is 0 Å². The first-order chi connectivity index (χ1) is 29.9. The van der Waals surface area contributed by atoms with Gasteiger partial charge in [-0.2, -0.15) is 4.31 Å². The monoisotopic (exact) mass is 874 g/mol. The lowest BCUT2D eigenvalue weighted by molar-refractivity contribution is -0.384. The average Bonchev–Trinajstić information content (AvgIpc) is 3.25. The number of fused-ring (bicyclic) bond motifs is 2. The molecule has 3 aliphatic rings. The van der Waals surface area contributed by atoms with Crippen molar-refractivity contribution in [2.24, 2.45) is 22.9 Å². The Bertz CT molecular complexity index is 2230. The molecule has 1 heterocycles. The van der Waals surface area contributed by atoms with E-state index in [2.05, 4.69) is 18.0 Å². The number of amides is 1. The molecule has 62 heavy (non-hydrogen) atoms. The van der Waals surface area contributed by atoms with Gasteiger partial charge in [-0.05, 0) is 105 Å². The van der Waals surface area contributed by atoms with E-state index in [1.54, 1.807) is 42.5 Å². The number of benzene rings is 3. The summed E-state index contributed by atoms with van der Waals surface area (Å²) in [6.45, 7) is 9.55. The average molecular weight is 875 g/mol. The highest BCUT2D eigenvalue weighted by Crippen LogP contribution is 2.62. The van der Waals surface area contributed by atoms with Crippen molar-refractivity contribution in [1.82, 2.24) is 4.31 Å². The Labute approximate surface area is 363 Å². The smallest absolute Gasteiger partial charge is 0.273 e. The molecule has 6 atom stereocenters. The first-order valence-electron chi connectivity index (χ1n) is 21.4. The normalized spacial score (nSPS) is 23.4. The predicted molar refractivity (Wildman–Crippen MR) is 235 cm³/mol. The van der Waals surface area contributed by atoms with Crippen LogP contribution in [-0.2, 0) is 24.4 Å². The van der Waals surface area contributed by atoms with Crippen LogP contribution in [0.3, 0.4) is 0 Å². The van der Waals surface area contributed by atoms with Gasteiger partial charge in [-0.1, -0.05) is 43.1 Å². The SMILES string of the molecule is C=CCO[C@@]12Oc3ccc(Oc4cccc([N+](=O)[O-])c4)cc3[C@H]3[C@H](CCCCO)[C@@H](CCCCO)C=C(C(=NOCC)C[C@@H]1N(CCC)S(=O)(=O)c1ccc(NC(C)=O)cc1)[C@H]32. The third-order valence-corrected chi connectivity index (χ3v) is 13.7. The third kappa shape index (κ3) is 9.89. The zero-order chi connectivity index (χ0) is 44.4. The van der Waals surface area contributed by atoms with Crippen molar-refractivity contribution in [3.8, 4) is 17.2 Å². The lowest BCUT2D eigenvalue weighted by Crippen LogP contribution is -2.70. The van der Waals surface area contributed by atoms with E-state index >= 15 is 8.42 Å². The van der Waals surface area contributed by atoms with Crippen LogP contribution in [-0.4, -0.2) is 84.3 Å². The summed E-state index contributed by atoms with van der Waals surface area (Å²) in [7, 11) is -4.27. The van der Waals surface area contributed by atoms with Crippen LogP contribution in [0.4, 0.5) is 11.4 Å². The first kappa shape index (κ1) is 46.4. The number of non-ortho nitro benzene ring substituents is 1. The molecule has 1 fully saturated rings. The van der Waals surface area contributed by atoms with Gasteiger partial charge < -0.3 is 34.6 Å². The van der Waals surface area contributed by atoms with Crippen molar-refractivity contribution in [3.05, 3.63) is 107 Å². The van der Waals surface area contributed by atoms with Gasteiger partial charge in [0.05, 0.1) is 40.2 Å². The number of sulfonamides is 1.